The molecule has 1 aliphatic heterocycles. The number of hydrogen-bond acceptors (Lipinski definition) is 6. The van der Waals surface area contributed by atoms with E-state index < -0.39 is 5.97 Å². The van der Waals surface area contributed by atoms with Gasteiger partial charge in [-0.3, -0.25) is 9.69 Å². The number of piperazine rings is 1. The Kier molecular flexibility index (Phi) is 8.35. The van der Waals surface area contributed by atoms with Crippen molar-refractivity contribution in [1.29, 1.82) is 0 Å². The summed E-state index contributed by atoms with van der Waals surface area (Å²) >= 11 is 0. The molecule has 1 saturated heterocycles. The Labute approximate surface area is 206 Å². The summed E-state index contributed by atoms with van der Waals surface area (Å²) in [6.07, 6.45) is 0. The highest BCUT2D eigenvalue weighted by Crippen LogP contribution is 2.20. The van der Waals surface area contributed by atoms with Gasteiger partial charge in [-0.15, -0.1) is 0 Å². The predicted molar refractivity (Wildman–Crippen MR) is 137 cm³/mol. The Morgan fingerprint density at radius 2 is 1.54 bits per heavy atom. The van der Waals surface area contributed by atoms with Gasteiger partial charge in [-0.25, -0.2) is 4.79 Å². The zero-order chi connectivity index (χ0) is 24.5. The second-order valence-electron chi connectivity index (χ2n) is 8.38. The molecule has 1 amide bonds. The molecule has 0 unspecified atom stereocenters. The van der Waals surface area contributed by atoms with Gasteiger partial charge in [0.05, 0.1) is 12.2 Å². The van der Waals surface area contributed by atoms with Crippen molar-refractivity contribution in [3.63, 3.8) is 0 Å². The van der Waals surface area contributed by atoms with Gasteiger partial charge in [-0.2, -0.15) is 0 Å². The van der Waals surface area contributed by atoms with Crippen molar-refractivity contribution in [2.75, 3.05) is 49.6 Å². The molecular weight excluding hydrogens is 442 g/mol. The van der Waals surface area contributed by atoms with Crippen LogP contribution < -0.4 is 15.0 Å². The zero-order valence-electron chi connectivity index (χ0n) is 20.0. The maximum atomic E-state index is 12.2. The second kappa shape index (κ2) is 12.0. The van der Waals surface area contributed by atoms with Gasteiger partial charge in [0.25, 0.3) is 5.91 Å². The molecule has 0 radical (unpaired) electrons. The topological polar surface area (TPSA) is 71.1 Å². The van der Waals surface area contributed by atoms with E-state index in [1.807, 2.05) is 37.3 Å². The lowest BCUT2D eigenvalue weighted by Gasteiger charge is -2.36. The van der Waals surface area contributed by atoms with E-state index in [0.29, 0.717) is 23.6 Å². The van der Waals surface area contributed by atoms with E-state index >= 15 is 0 Å². The van der Waals surface area contributed by atoms with Crippen LogP contribution in [0.4, 0.5) is 11.4 Å². The van der Waals surface area contributed by atoms with Crippen LogP contribution in [0.1, 0.15) is 22.8 Å². The van der Waals surface area contributed by atoms with Gasteiger partial charge in [0.2, 0.25) is 0 Å². The van der Waals surface area contributed by atoms with Gasteiger partial charge in [0.1, 0.15) is 5.75 Å². The zero-order valence-corrected chi connectivity index (χ0v) is 20.0. The third kappa shape index (κ3) is 7.07. The molecule has 3 aromatic rings. The van der Waals surface area contributed by atoms with E-state index in [-0.39, 0.29) is 12.5 Å². The minimum Gasteiger partial charge on any atom is -0.494 e. The normalized spacial score (nSPS) is 13.8. The number of carbonyl (C=O) groups is 2. The van der Waals surface area contributed by atoms with E-state index in [1.54, 1.807) is 24.3 Å². The third-order valence-electron chi connectivity index (χ3n) is 5.87. The molecule has 182 valence electrons. The largest absolute Gasteiger partial charge is 0.494 e. The monoisotopic (exact) mass is 473 g/mol. The molecular formula is C28H31N3O4. The Morgan fingerprint density at radius 3 is 2.20 bits per heavy atom. The van der Waals surface area contributed by atoms with Gasteiger partial charge in [0, 0.05) is 44.1 Å². The highest BCUT2D eigenvalue weighted by Gasteiger charge is 2.17. The minimum absolute atomic E-state index is 0.350. The van der Waals surface area contributed by atoms with Gasteiger partial charge < -0.3 is 19.7 Å². The molecule has 3 aromatic carbocycles. The van der Waals surface area contributed by atoms with Crippen molar-refractivity contribution in [1.82, 2.24) is 4.90 Å². The summed E-state index contributed by atoms with van der Waals surface area (Å²) < 4.78 is 10.5. The van der Waals surface area contributed by atoms with Crippen LogP contribution in [0.2, 0.25) is 0 Å². The van der Waals surface area contributed by atoms with Crippen LogP contribution in [0.15, 0.2) is 78.9 Å². The summed E-state index contributed by atoms with van der Waals surface area (Å²) in [7, 11) is 0. The first-order chi connectivity index (χ1) is 17.1. The first kappa shape index (κ1) is 24.3. The van der Waals surface area contributed by atoms with Crippen LogP contribution in [-0.4, -0.2) is 56.2 Å². The summed E-state index contributed by atoms with van der Waals surface area (Å²) in [5, 5.41) is 2.78. The summed E-state index contributed by atoms with van der Waals surface area (Å²) in [6, 6.07) is 24.9. The van der Waals surface area contributed by atoms with Crippen LogP contribution in [-0.2, 0) is 16.1 Å². The Bertz CT molecular complexity index is 1090. The fourth-order valence-electron chi connectivity index (χ4n) is 4.03. The van der Waals surface area contributed by atoms with Gasteiger partial charge in [0.15, 0.2) is 6.61 Å². The highest BCUT2D eigenvalue weighted by atomic mass is 16.5. The number of amides is 1. The van der Waals surface area contributed by atoms with Gasteiger partial charge >= 0.3 is 5.97 Å². The molecule has 0 spiro atoms. The molecule has 1 heterocycles. The van der Waals surface area contributed by atoms with Crippen LogP contribution in [0, 0.1) is 0 Å². The van der Waals surface area contributed by atoms with E-state index in [0.717, 1.165) is 38.4 Å². The van der Waals surface area contributed by atoms with Crippen molar-refractivity contribution in [2.24, 2.45) is 0 Å². The molecule has 0 saturated carbocycles. The SMILES string of the molecule is CCOc1ccc(C(=O)OCC(=O)Nc2ccc(N3CCN(Cc4ccccc4)CC3)cc2)cc1. The molecule has 7 nitrogen and oxygen atoms in total. The Morgan fingerprint density at radius 1 is 0.857 bits per heavy atom. The van der Waals surface area contributed by atoms with Crippen LogP contribution in [0.3, 0.4) is 0 Å². The molecule has 7 heteroatoms. The quantitative estimate of drug-likeness (QED) is 0.470. The van der Waals surface area contributed by atoms with Crippen LogP contribution in [0.5, 0.6) is 5.75 Å². The van der Waals surface area contributed by atoms with E-state index in [4.69, 9.17) is 9.47 Å². The summed E-state index contributed by atoms with van der Waals surface area (Å²) in [4.78, 5) is 29.2. The number of hydrogen-bond donors (Lipinski definition) is 1. The number of nitrogens with zero attached hydrogens (tertiary/aromatic N) is 2. The summed E-state index contributed by atoms with van der Waals surface area (Å²) in [5.41, 5.74) is 3.50. The molecule has 1 N–H and O–H groups in total. The van der Waals surface area contributed by atoms with E-state index in [2.05, 4.69) is 39.4 Å². The lowest BCUT2D eigenvalue weighted by atomic mass is 10.2. The molecule has 35 heavy (non-hydrogen) atoms. The van der Waals surface area contributed by atoms with Gasteiger partial charge in [-0.05, 0) is 61.0 Å². The first-order valence-electron chi connectivity index (χ1n) is 11.9. The van der Waals surface area contributed by atoms with Crippen molar-refractivity contribution < 1.29 is 19.1 Å². The summed E-state index contributed by atoms with van der Waals surface area (Å²) in [5.74, 6) is -0.254. The van der Waals surface area contributed by atoms with Crippen molar-refractivity contribution >= 4 is 23.3 Å². The van der Waals surface area contributed by atoms with E-state index in [9.17, 15) is 9.59 Å². The maximum Gasteiger partial charge on any atom is 0.338 e. The molecule has 4 rings (SSSR count). The fraction of sp³-hybridized carbons (Fsp3) is 0.286. The van der Waals surface area contributed by atoms with Crippen LogP contribution >= 0.6 is 0 Å². The Balaban J connectivity index is 1.20. The van der Waals surface area contributed by atoms with Crippen molar-refractivity contribution in [3.05, 3.63) is 90.0 Å². The molecule has 0 atom stereocenters. The van der Waals surface area contributed by atoms with E-state index in [1.165, 1.54) is 5.56 Å². The average molecular weight is 474 g/mol. The predicted octanol–water partition coefficient (Wildman–Crippen LogP) is 4.20. The number of nitrogens with one attached hydrogen (secondary N) is 1. The summed E-state index contributed by atoms with van der Waals surface area (Å²) in [6.45, 7) is 7.00. The number of ether oxygens (including phenoxy) is 2. The number of rotatable bonds is 9. The molecule has 0 bridgehead atoms. The maximum absolute atomic E-state index is 12.2. The minimum atomic E-state index is -0.551. The lowest BCUT2D eigenvalue weighted by molar-refractivity contribution is -0.119. The standard InChI is InChI=1S/C28H31N3O4/c1-2-34-26-14-8-23(9-15-26)28(33)35-21-27(32)29-24-10-12-25(13-11-24)31-18-16-30(17-19-31)20-22-6-4-3-5-7-22/h3-15H,2,16-21H2,1H3,(H,29,32). The highest BCUT2D eigenvalue weighted by molar-refractivity contribution is 5.95. The number of esters is 1. The fourth-order valence-corrected chi connectivity index (χ4v) is 4.03. The smallest absolute Gasteiger partial charge is 0.338 e. The van der Waals surface area contributed by atoms with Crippen LogP contribution in [0.25, 0.3) is 0 Å². The third-order valence-corrected chi connectivity index (χ3v) is 5.87. The second-order valence-corrected chi connectivity index (χ2v) is 8.38. The number of anilines is 2. The Hall–Kier alpha value is -3.84. The number of benzene rings is 3. The lowest BCUT2D eigenvalue weighted by Crippen LogP contribution is -2.45. The first-order valence-corrected chi connectivity index (χ1v) is 11.9. The molecule has 1 aliphatic rings. The van der Waals surface area contributed by atoms with Gasteiger partial charge in [-0.1, -0.05) is 30.3 Å². The average Bonchev–Trinajstić information content (AvgIpc) is 2.89. The molecule has 1 fully saturated rings. The number of carbonyl (C=O) groups excluding carboxylic acids is 2. The van der Waals surface area contributed by atoms with Crippen molar-refractivity contribution in [2.45, 2.75) is 13.5 Å². The molecule has 0 aliphatic carbocycles. The molecule has 0 aromatic heterocycles. The van der Waals surface area contributed by atoms with Crippen molar-refractivity contribution in [3.8, 4) is 5.75 Å².